The minimum Gasteiger partial charge on any atom is -0.507 e. The molecule has 2 rings (SSSR count). The zero-order chi connectivity index (χ0) is 11.6. The van der Waals surface area contributed by atoms with E-state index in [-0.39, 0.29) is 11.3 Å². The summed E-state index contributed by atoms with van der Waals surface area (Å²) in [6.45, 7) is 0. The average Bonchev–Trinajstić information content (AvgIpc) is 2.30. The van der Waals surface area contributed by atoms with Crippen LogP contribution in [0.15, 0.2) is 18.2 Å². The van der Waals surface area contributed by atoms with E-state index in [1.165, 1.54) is 6.42 Å². The number of phenols is 1. The van der Waals surface area contributed by atoms with Crippen molar-refractivity contribution in [3.8, 4) is 11.8 Å². The van der Waals surface area contributed by atoms with E-state index in [9.17, 15) is 5.11 Å². The lowest BCUT2D eigenvalue weighted by atomic mass is 9.77. The van der Waals surface area contributed by atoms with E-state index in [4.69, 9.17) is 11.0 Å². The van der Waals surface area contributed by atoms with Crippen molar-refractivity contribution in [1.29, 1.82) is 5.26 Å². The van der Waals surface area contributed by atoms with Crippen LogP contribution in [-0.2, 0) is 5.54 Å². The first kappa shape index (κ1) is 11.0. The van der Waals surface area contributed by atoms with E-state index in [2.05, 4.69) is 0 Å². The van der Waals surface area contributed by atoms with Crippen molar-refractivity contribution in [2.75, 3.05) is 0 Å². The molecule has 1 aliphatic rings. The first-order valence-electron chi connectivity index (χ1n) is 5.68. The van der Waals surface area contributed by atoms with Gasteiger partial charge in [0.15, 0.2) is 0 Å². The van der Waals surface area contributed by atoms with E-state index < -0.39 is 0 Å². The molecule has 0 aromatic heterocycles. The summed E-state index contributed by atoms with van der Waals surface area (Å²) in [4.78, 5) is 0. The summed E-state index contributed by atoms with van der Waals surface area (Å²) in [7, 11) is 0. The lowest BCUT2D eigenvalue weighted by Crippen LogP contribution is -2.38. The second-order valence-corrected chi connectivity index (χ2v) is 4.56. The molecule has 3 nitrogen and oxygen atoms in total. The van der Waals surface area contributed by atoms with Crippen LogP contribution in [0.2, 0.25) is 0 Å². The third-order valence-electron chi connectivity index (χ3n) is 3.44. The van der Waals surface area contributed by atoms with E-state index in [1.54, 1.807) is 12.1 Å². The van der Waals surface area contributed by atoms with Crippen molar-refractivity contribution >= 4 is 0 Å². The predicted molar refractivity (Wildman–Crippen MR) is 61.8 cm³/mol. The highest BCUT2D eigenvalue weighted by atomic mass is 16.3. The Bertz CT molecular complexity index is 428. The lowest BCUT2D eigenvalue weighted by Gasteiger charge is -2.34. The van der Waals surface area contributed by atoms with E-state index in [0.29, 0.717) is 5.56 Å². The lowest BCUT2D eigenvalue weighted by molar-refractivity contribution is 0.302. The third kappa shape index (κ3) is 1.89. The van der Waals surface area contributed by atoms with Crippen LogP contribution in [-0.4, -0.2) is 5.11 Å². The van der Waals surface area contributed by atoms with Gasteiger partial charge in [0.2, 0.25) is 0 Å². The van der Waals surface area contributed by atoms with Gasteiger partial charge in [-0.05, 0) is 30.5 Å². The molecule has 0 spiro atoms. The Labute approximate surface area is 95.5 Å². The zero-order valence-corrected chi connectivity index (χ0v) is 9.24. The Morgan fingerprint density at radius 1 is 1.25 bits per heavy atom. The van der Waals surface area contributed by atoms with Crippen molar-refractivity contribution in [1.82, 2.24) is 0 Å². The number of phenolic OH excluding ortho intramolecular Hbond substituents is 1. The van der Waals surface area contributed by atoms with Gasteiger partial charge in [-0.25, -0.2) is 0 Å². The fourth-order valence-corrected chi connectivity index (χ4v) is 2.41. The number of nitrogens with two attached hydrogens (primary N) is 1. The highest BCUT2D eigenvalue weighted by Crippen LogP contribution is 2.36. The maximum atomic E-state index is 9.45. The Kier molecular flexibility index (Phi) is 2.84. The molecule has 16 heavy (non-hydrogen) atoms. The van der Waals surface area contributed by atoms with Gasteiger partial charge in [0.1, 0.15) is 11.8 Å². The number of hydrogen-bond acceptors (Lipinski definition) is 3. The maximum Gasteiger partial charge on any atom is 0.133 e. The Balaban J connectivity index is 2.36. The maximum absolute atomic E-state index is 9.45. The molecule has 0 heterocycles. The summed E-state index contributed by atoms with van der Waals surface area (Å²) in [5.41, 5.74) is 7.34. The Morgan fingerprint density at radius 3 is 2.56 bits per heavy atom. The van der Waals surface area contributed by atoms with Gasteiger partial charge in [-0.1, -0.05) is 25.3 Å². The molecule has 1 aliphatic carbocycles. The number of rotatable bonds is 1. The first-order valence-corrected chi connectivity index (χ1v) is 5.68. The molecule has 0 aliphatic heterocycles. The molecule has 1 aromatic carbocycles. The zero-order valence-electron chi connectivity index (χ0n) is 9.24. The van der Waals surface area contributed by atoms with Crippen molar-refractivity contribution in [3.63, 3.8) is 0 Å². The SMILES string of the molecule is N#Cc1cc(C2(N)CCCCC2)ccc1O. The highest BCUT2D eigenvalue weighted by Gasteiger charge is 2.29. The molecule has 3 N–H and O–H groups in total. The molecule has 0 atom stereocenters. The van der Waals surface area contributed by atoms with Gasteiger partial charge in [-0.2, -0.15) is 5.26 Å². The minimum atomic E-state index is -0.308. The minimum absolute atomic E-state index is 0.0330. The van der Waals surface area contributed by atoms with Gasteiger partial charge in [0.05, 0.1) is 5.56 Å². The number of hydrogen-bond donors (Lipinski definition) is 2. The molecular weight excluding hydrogens is 200 g/mol. The summed E-state index contributed by atoms with van der Waals surface area (Å²) in [5, 5.41) is 18.3. The van der Waals surface area contributed by atoms with Crippen LogP contribution in [0.3, 0.4) is 0 Å². The largest absolute Gasteiger partial charge is 0.507 e. The molecule has 1 saturated carbocycles. The van der Waals surface area contributed by atoms with Gasteiger partial charge in [-0.15, -0.1) is 0 Å². The number of benzene rings is 1. The van der Waals surface area contributed by atoms with Crippen LogP contribution in [0.5, 0.6) is 5.75 Å². The molecule has 0 radical (unpaired) electrons. The third-order valence-corrected chi connectivity index (χ3v) is 3.44. The van der Waals surface area contributed by atoms with Crippen molar-refractivity contribution in [3.05, 3.63) is 29.3 Å². The van der Waals surface area contributed by atoms with Gasteiger partial charge in [-0.3, -0.25) is 0 Å². The van der Waals surface area contributed by atoms with Crippen molar-refractivity contribution < 1.29 is 5.11 Å². The molecule has 0 bridgehead atoms. The van der Waals surface area contributed by atoms with Crippen LogP contribution >= 0.6 is 0 Å². The number of nitriles is 1. The Hall–Kier alpha value is -1.53. The molecular formula is C13H16N2O. The highest BCUT2D eigenvalue weighted by molar-refractivity contribution is 5.46. The van der Waals surface area contributed by atoms with E-state index >= 15 is 0 Å². The van der Waals surface area contributed by atoms with Gasteiger partial charge >= 0.3 is 0 Å². The smallest absolute Gasteiger partial charge is 0.133 e. The summed E-state index contributed by atoms with van der Waals surface area (Å²) >= 11 is 0. The number of aromatic hydroxyl groups is 1. The average molecular weight is 216 g/mol. The molecule has 1 aromatic rings. The quantitative estimate of drug-likeness (QED) is 0.757. The van der Waals surface area contributed by atoms with Crippen LogP contribution in [0.1, 0.15) is 43.2 Å². The topological polar surface area (TPSA) is 70.0 Å². The second kappa shape index (κ2) is 4.15. The van der Waals surface area contributed by atoms with Crippen molar-refractivity contribution in [2.45, 2.75) is 37.6 Å². The number of nitrogens with zero attached hydrogens (tertiary/aromatic N) is 1. The van der Waals surface area contributed by atoms with Crippen LogP contribution in [0.25, 0.3) is 0 Å². The molecule has 0 saturated heterocycles. The van der Waals surface area contributed by atoms with Crippen LogP contribution in [0, 0.1) is 11.3 Å². The van der Waals surface area contributed by atoms with Gasteiger partial charge in [0, 0.05) is 5.54 Å². The predicted octanol–water partition coefficient (Wildman–Crippen LogP) is 2.38. The van der Waals surface area contributed by atoms with Crippen LogP contribution in [0.4, 0.5) is 0 Å². The summed E-state index contributed by atoms with van der Waals surface area (Å²) in [6, 6.07) is 7.11. The fourth-order valence-electron chi connectivity index (χ4n) is 2.41. The molecule has 0 amide bonds. The molecule has 0 unspecified atom stereocenters. The standard InChI is InChI=1S/C13H16N2O/c14-9-10-8-11(4-5-12(10)16)13(15)6-2-1-3-7-13/h4-5,8,16H,1-3,6-7,15H2. The summed E-state index contributed by atoms with van der Waals surface area (Å²) in [5.74, 6) is 0.0330. The summed E-state index contributed by atoms with van der Waals surface area (Å²) < 4.78 is 0. The summed E-state index contributed by atoms with van der Waals surface area (Å²) in [6.07, 6.45) is 5.44. The second-order valence-electron chi connectivity index (χ2n) is 4.56. The first-order chi connectivity index (χ1) is 7.65. The molecule has 3 heteroatoms. The van der Waals surface area contributed by atoms with Crippen molar-refractivity contribution in [2.24, 2.45) is 5.73 Å². The molecule has 84 valence electrons. The monoisotopic (exact) mass is 216 g/mol. The van der Waals surface area contributed by atoms with Crippen LogP contribution < -0.4 is 5.73 Å². The molecule has 1 fully saturated rings. The van der Waals surface area contributed by atoms with Gasteiger partial charge < -0.3 is 10.8 Å². The van der Waals surface area contributed by atoms with E-state index in [1.807, 2.05) is 12.1 Å². The Morgan fingerprint density at radius 2 is 1.94 bits per heavy atom. The van der Waals surface area contributed by atoms with Gasteiger partial charge in [0.25, 0.3) is 0 Å². The van der Waals surface area contributed by atoms with E-state index in [0.717, 1.165) is 31.2 Å². The normalized spacial score (nSPS) is 19.0. The fraction of sp³-hybridized carbons (Fsp3) is 0.462.